The van der Waals surface area contributed by atoms with E-state index in [1.54, 1.807) is 0 Å². The lowest BCUT2D eigenvalue weighted by Gasteiger charge is -2.21. The van der Waals surface area contributed by atoms with Crippen LogP contribution < -0.4 is 5.54 Å². The summed E-state index contributed by atoms with van der Waals surface area (Å²) in [4.78, 5) is 19.9. The van der Waals surface area contributed by atoms with E-state index < -0.39 is 22.9 Å². The number of rotatable bonds is 5. The Morgan fingerprint density at radius 2 is 2.24 bits per heavy atom. The predicted molar refractivity (Wildman–Crippen MR) is 58.3 cm³/mol. The van der Waals surface area contributed by atoms with Gasteiger partial charge < -0.3 is 10.2 Å². The van der Waals surface area contributed by atoms with E-state index in [0.717, 1.165) is 0 Å². The number of aliphatic carboxylic acids is 2. The van der Waals surface area contributed by atoms with Gasteiger partial charge in [-0.25, -0.2) is 4.79 Å². The third-order valence-electron chi connectivity index (χ3n) is 2.45. The first kappa shape index (κ1) is 13.7. The van der Waals surface area contributed by atoms with Crippen molar-refractivity contribution in [2.45, 2.75) is 23.8 Å². The molecule has 0 saturated carbocycles. The molecule has 0 aliphatic heterocycles. The zero-order valence-electron chi connectivity index (χ0n) is 8.69. The third kappa shape index (κ3) is 3.28. The summed E-state index contributed by atoms with van der Waals surface area (Å²) in [6.07, 6.45) is 4.12. The highest BCUT2D eigenvalue weighted by molar-refractivity contribution is 6.35. The van der Waals surface area contributed by atoms with Gasteiger partial charge in [0.2, 0.25) is 0 Å². The molecule has 1 rings (SSSR count). The quantitative estimate of drug-likeness (QED) is 0.513. The Morgan fingerprint density at radius 1 is 1.59 bits per heavy atom. The van der Waals surface area contributed by atoms with Gasteiger partial charge in [0.1, 0.15) is 6.04 Å². The van der Waals surface area contributed by atoms with Gasteiger partial charge >= 0.3 is 11.9 Å². The highest BCUT2D eigenvalue weighted by Gasteiger charge is 2.34. The molecule has 0 aromatic rings. The highest BCUT2D eigenvalue weighted by atomic mass is 35.5. The van der Waals surface area contributed by atoms with Crippen LogP contribution in [0.3, 0.4) is 0 Å². The number of hydrogen-bond donors (Lipinski definition) is 3. The number of hydrogen-bond acceptors (Lipinski definition) is 3. The van der Waals surface area contributed by atoms with Gasteiger partial charge in [-0.05, 0) is 12.0 Å². The van der Waals surface area contributed by atoms with E-state index in [2.05, 4.69) is 0 Å². The molecule has 0 fully saturated rings. The molecule has 0 aromatic carbocycles. The van der Waals surface area contributed by atoms with Gasteiger partial charge in [-0.3, -0.25) is 4.79 Å². The lowest BCUT2D eigenvalue weighted by molar-refractivity contribution is -0.141. The van der Waals surface area contributed by atoms with Crippen LogP contribution in [0.5, 0.6) is 0 Å². The van der Waals surface area contributed by atoms with Crippen molar-refractivity contribution in [1.82, 2.24) is 5.54 Å². The van der Waals surface area contributed by atoms with Crippen molar-refractivity contribution in [3.63, 3.8) is 0 Å². The van der Waals surface area contributed by atoms with Crippen molar-refractivity contribution in [2.75, 3.05) is 0 Å². The number of allylic oxidation sites excluding steroid dienone is 2. The molecule has 1 unspecified atom stereocenters. The molecule has 7 heteroatoms. The molecule has 2 atom stereocenters. The van der Waals surface area contributed by atoms with Crippen molar-refractivity contribution in [3.8, 4) is 0 Å². The minimum atomic E-state index is -1.49. The zero-order chi connectivity index (χ0) is 13.1. The molecule has 94 valence electrons. The van der Waals surface area contributed by atoms with E-state index in [0.29, 0.717) is 5.57 Å². The smallest absolute Gasteiger partial charge is 0.329 e. The van der Waals surface area contributed by atoms with Gasteiger partial charge in [0.25, 0.3) is 0 Å². The van der Waals surface area contributed by atoms with Gasteiger partial charge in [0.15, 0.2) is 4.87 Å². The number of carboxylic acids is 2. The largest absolute Gasteiger partial charge is 0.480 e. The molecular formula is C10H11ClFNO4. The van der Waals surface area contributed by atoms with E-state index in [9.17, 15) is 14.1 Å². The SMILES string of the molecule is O=C(O)[C@H](CC1=CCC(Cl)(C(=O)O)C=C1)NF. The van der Waals surface area contributed by atoms with E-state index in [-0.39, 0.29) is 12.8 Å². The lowest BCUT2D eigenvalue weighted by atomic mass is 9.93. The first-order chi connectivity index (χ1) is 7.89. The van der Waals surface area contributed by atoms with Crippen molar-refractivity contribution in [2.24, 2.45) is 0 Å². The van der Waals surface area contributed by atoms with Crippen LogP contribution in [0.4, 0.5) is 4.48 Å². The maximum absolute atomic E-state index is 12.1. The molecule has 0 spiro atoms. The zero-order valence-corrected chi connectivity index (χ0v) is 9.45. The number of halogens is 2. The van der Waals surface area contributed by atoms with Gasteiger partial charge in [0, 0.05) is 6.42 Å². The van der Waals surface area contributed by atoms with E-state index >= 15 is 0 Å². The van der Waals surface area contributed by atoms with Gasteiger partial charge in [-0.2, -0.15) is 0 Å². The molecule has 17 heavy (non-hydrogen) atoms. The molecule has 0 amide bonds. The maximum atomic E-state index is 12.1. The highest BCUT2D eigenvalue weighted by Crippen LogP contribution is 2.29. The average Bonchev–Trinajstić information content (AvgIpc) is 2.27. The minimum absolute atomic E-state index is 0.0361. The van der Waals surface area contributed by atoms with Gasteiger partial charge in [-0.1, -0.05) is 18.2 Å². The minimum Gasteiger partial charge on any atom is -0.480 e. The molecule has 1 aliphatic carbocycles. The van der Waals surface area contributed by atoms with Crippen LogP contribution in [-0.4, -0.2) is 33.1 Å². The van der Waals surface area contributed by atoms with Crippen LogP contribution >= 0.6 is 11.6 Å². The Balaban J connectivity index is 2.68. The number of alkyl halides is 1. The van der Waals surface area contributed by atoms with Crippen molar-refractivity contribution >= 4 is 23.5 Å². The average molecular weight is 264 g/mol. The summed E-state index contributed by atoms with van der Waals surface area (Å²) >= 11 is 5.77. The normalized spacial score (nSPS) is 25.2. The predicted octanol–water partition coefficient (Wildman–Crippen LogP) is 1.25. The number of carbonyl (C=O) groups is 2. The maximum Gasteiger partial charge on any atom is 0.329 e. The monoisotopic (exact) mass is 263 g/mol. The second-order valence-corrected chi connectivity index (χ2v) is 4.36. The summed E-state index contributed by atoms with van der Waals surface area (Å²) in [5.41, 5.74) is 1.70. The number of carboxylic acid groups (broad SMARTS) is 2. The van der Waals surface area contributed by atoms with Crippen LogP contribution in [0.25, 0.3) is 0 Å². The topological polar surface area (TPSA) is 86.6 Å². The van der Waals surface area contributed by atoms with Crippen molar-refractivity contribution in [1.29, 1.82) is 0 Å². The summed E-state index contributed by atoms with van der Waals surface area (Å²) in [7, 11) is 0. The summed E-state index contributed by atoms with van der Waals surface area (Å²) in [6, 6.07) is -1.35. The summed E-state index contributed by atoms with van der Waals surface area (Å²) < 4.78 is 12.1. The Bertz CT molecular complexity index is 396. The summed E-state index contributed by atoms with van der Waals surface area (Å²) in [5, 5.41) is 17.4. The Kier molecular flexibility index (Phi) is 4.25. The van der Waals surface area contributed by atoms with Crippen LogP contribution in [0.1, 0.15) is 12.8 Å². The Labute approximate surface area is 102 Å². The van der Waals surface area contributed by atoms with Crippen LogP contribution in [-0.2, 0) is 9.59 Å². The number of nitrogens with one attached hydrogen (secondary N) is 1. The molecule has 0 radical (unpaired) electrons. The Hall–Kier alpha value is -1.40. The van der Waals surface area contributed by atoms with Crippen LogP contribution in [0.15, 0.2) is 23.8 Å². The summed E-state index contributed by atoms with van der Waals surface area (Å²) in [6.45, 7) is 0. The van der Waals surface area contributed by atoms with Crippen LogP contribution in [0, 0.1) is 0 Å². The second-order valence-electron chi connectivity index (χ2n) is 3.69. The molecule has 5 nitrogen and oxygen atoms in total. The lowest BCUT2D eigenvalue weighted by Crippen LogP contribution is -2.33. The molecule has 3 N–H and O–H groups in total. The Morgan fingerprint density at radius 3 is 2.59 bits per heavy atom. The van der Waals surface area contributed by atoms with Crippen molar-refractivity contribution < 1.29 is 24.3 Å². The third-order valence-corrected chi connectivity index (χ3v) is 2.89. The molecule has 0 bridgehead atoms. The van der Waals surface area contributed by atoms with Crippen LogP contribution in [0.2, 0.25) is 0 Å². The van der Waals surface area contributed by atoms with Crippen molar-refractivity contribution in [3.05, 3.63) is 23.8 Å². The molecule has 0 aromatic heterocycles. The fraction of sp³-hybridized carbons (Fsp3) is 0.400. The van der Waals surface area contributed by atoms with E-state index in [1.165, 1.54) is 23.8 Å². The van der Waals surface area contributed by atoms with Gasteiger partial charge in [0.05, 0.1) is 0 Å². The first-order valence-electron chi connectivity index (χ1n) is 4.78. The molecule has 0 heterocycles. The van der Waals surface area contributed by atoms with Gasteiger partial charge in [-0.15, -0.1) is 21.6 Å². The molecule has 1 aliphatic rings. The second kappa shape index (κ2) is 5.29. The fourth-order valence-electron chi connectivity index (χ4n) is 1.37. The molecular weight excluding hydrogens is 253 g/mol. The van der Waals surface area contributed by atoms with E-state index in [1.807, 2.05) is 0 Å². The summed E-state index contributed by atoms with van der Waals surface area (Å²) in [5.74, 6) is -2.49. The molecule has 0 saturated heterocycles. The van der Waals surface area contributed by atoms with E-state index in [4.69, 9.17) is 21.8 Å². The first-order valence-corrected chi connectivity index (χ1v) is 5.16. The standard InChI is InChI=1S/C10H11ClFNO4/c11-10(9(16)17)3-1-6(2-4-10)5-7(13-12)8(14)15/h1-3,7,13H,4-5H2,(H,14,15)(H,16,17)/t7-,10?/m0/s1. The fourth-order valence-corrected chi connectivity index (χ4v) is 1.51.